The molecule has 0 bridgehead atoms. The molecule has 6 nitrogen and oxygen atoms in total. The summed E-state index contributed by atoms with van der Waals surface area (Å²) < 4.78 is 5.25. The van der Waals surface area contributed by atoms with Gasteiger partial charge in [0.25, 0.3) is 0 Å². The smallest absolute Gasteiger partial charge is 0.336 e. The fourth-order valence-corrected chi connectivity index (χ4v) is 2.31. The molecule has 2 aromatic rings. The molecule has 7 heteroatoms. The van der Waals surface area contributed by atoms with Crippen LogP contribution >= 0.6 is 11.6 Å². The number of hydrogen-bond donors (Lipinski definition) is 3. The third kappa shape index (κ3) is 3.12. The van der Waals surface area contributed by atoms with Gasteiger partial charge >= 0.3 is 12.0 Å². The lowest BCUT2D eigenvalue weighted by molar-refractivity contribution is 0.0697. The summed E-state index contributed by atoms with van der Waals surface area (Å²) in [6, 6.07) is 8.48. The molecule has 114 valence electrons. The molecular formula is C15H13ClN2O4. The Morgan fingerprint density at radius 2 is 2.00 bits per heavy atom. The number of amides is 2. The van der Waals surface area contributed by atoms with E-state index in [0.29, 0.717) is 16.3 Å². The second kappa shape index (κ2) is 6.36. The molecule has 2 rings (SSSR count). The van der Waals surface area contributed by atoms with Crippen LogP contribution in [0.1, 0.15) is 10.4 Å². The van der Waals surface area contributed by atoms with Gasteiger partial charge < -0.3 is 20.9 Å². The molecule has 2 aromatic carbocycles. The van der Waals surface area contributed by atoms with E-state index in [2.05, 4.69) is 5.32 Å². The lowest BCUT2D eigenvalue weighted by Gasteiger charge is -2.16. The van der Waals surface area contributed by atoms with Crippen molar-refractivity contribution in [1.82, 2.24) is 0 Å². The number of anilines is 1. The van der Waals surface area contributed by atoms with Crippen LogP contribution in [-0.4, -0.2) is 24.2 Å². The molecule has 0 heterocycles. The minimum absolute atomic E-state index is 0.00758. The zero-order chi connectivity index (χ0) is 16.3. The number of urea groups is 1. The van der Waals surface area contributed by atoms with Gasteiger partial charge in [0, 0.05) is 16.1 Å². The highest BCUT2D eigenvalue weighted by Crippen LogP contribution is 2.39. The van der Waals surface area contributed by atoms with Gasteiger partial charge in [0.05, 0.1) is 18.4 Å². The number of carbonyl (C=O) groups is 2. The summed E-state index contributed by atoms with van der Waals surface area (Å²) in [5.74, 6) is -0.726. The first-order chi connectivity index (χ1) is 10.4. The molecule has 0 aromatic heterocycles. The Kier molecular flexibility index (Phi) is 4.53. The number of nitrogens with two attached hydrogens (primary N) is 1. The summed E-state index contributed by atoms with van der Waals surface area (Å²) in [6.45, 7) is 0. The van der Waals surface area contributed by atoms with Gasteiger partial charge in [-0.05, 0) is 30.3 Å². The van der Waals surface area contributed by atoms with E-state index in [-0.39, 0.29) is 16.8 Å². The van der Waals surface area contributed by atoms with Gasteiger partial charge in [-0.25, -0.2) is 9.59 Å². The molecule has 0 radical (unpaired) electrons. The summed E-state index contributed by atoms with van der Waals surface area (Å²) in [4.78, 5) is 22.7. The van der Waals surface area contributed by atoms with Crippen molar-refractivity contribution in [2.45, 2.75) is 0 Å². The number of aromatic carboxylic acids is 1. The number of rotatable bonds is 4. The van der Waals surface area contributed by atoms with Gasteiger partial charge in [0.15, 0.2) is 0 Å². The number of methoxy groups -OCH3 is 1. The minimum atomic E-state index is -1.15. The molecule has 0 unspecified atom stereocenters. The van der Waals surface area contributed by atoms with Gasteiger partial charge in [-0.1, -0.05) is 17.7 Å². The molecule has 0 aliphatic carbocycles. The molecule has 2 amide bonds. The quantitative estimate of drug-likeness (QED) is 0.805. The van der Waals surface area contributed by atoms with E-state index in [0.717, 1.165) is 0 Å². The van der Waals surface area contributed by atoms with E-state index in [9.17, 15) is 14.7 Å². The van der Waals surface area contributed by atoms with E-state index in [1.165, 1.54) is 19.2 Å². The Morgan fingerprint density at radius 3 is 2.59 bits per heavy atom. The van der Waals surface area contributed by atoms with Gasteiger partial charge in [-0.15, -0.1) is 0 Å². The van der Waals surface area contributed by atoms with Crippen LogP contribution < -0.4 is 15.8 Å². The second-order valence-electron chi connectivity index (χ2n) is 4.37. The van der Waals surface area contributed by atoms with Crippen molar-refractivity contribution in [3.63, 3.8) is 0 Å². The van der Waals surface area contributed by atoms with Gasteiger partial charge in [0.2, 0.25) is 0 Å². The summed E-state index contributed by atoms with van der Waals surface area (Å²) in [6.07, 6.45) is 0. The van der Waals surface area contributed by atoms with Crippen molar-refractivity contribution < 1.29 is 19.4 Å². The number of primary amides is 1. The Morgan fingerprint density at radius 1 is 1.27 bits per heavy atom. The fraction of sp³-hybridized carbons (Fsp3) is 0.0667. The number of carboxylic acids is 1. The first-order valence-electron chi connectivity index (χ1n) is 6.20. The molecule has 22 heavy (non-hydrogen) atoms. The predicted molar refractivity (Wildman–Crippen MR) is 83.6 cm³/mol. The number of nitrogens with one attached hydrogen (secondary N) is 1. The normalized spacial score (nSPS) is 10.1. The SMILES string of the molecule is COc1ccc(Cl)cc1-c1c(NC(N)=O)cccc1C(=O)O. The molecule has 0 fully saturated rings. The highest BCUT2D eigenvalue weighted by Gasteiger charge is 2.20. The van der Waals surface area contributed by atoms with Crippen molar-refractivity contribution >= 4 is 29.3 Å². The third-order valence-corrected chi connectivity index (χ3v) is 3.22. The lowest BCUT2D eigenvalue weighted by Crippen LogP contribution is -2.20. The number of halogens is 1. The largest absolute Gasteiger partial charge is 0.496 e. The number of carboxylic acid groups (broad SMARTS) is 1. The Labute approximate surface area is 131 Å². The van der Waals surface area contributed by atoms with Crippen molar-refractivity contribution in [2.75, 3.05) is 12.4 Å². The highest BCUT2D eigenvalue weighted by atomic mass is 35.5. The number of ether oxygens (including phenoxy) is 1. The lowest BCUT2D eigenvalue weighted by atomic mass is 9.96. The van der Waals surface area contributed by atoms with Crippen LogP contribution in [0.5, 0.6) is 5.75 Å². The molecule has 0 spiro atoms. The van der Waals surface area contributed by atoms with Crippen molar-refractivity contribution in [3.05, 3.63) is 47.0 Å². The van der Waals surface area contributed by atoms with Crippen molar-refractivity contribution in [2.24, 2.45) is 5.73 Å². The summed E-state index contributed by atoms with van der Waals surface area (Å²) in [7, 11) is 1.46. The predicted octanol–water partition coefficient (Wildman–Crippen LogP) is 3.20. The van der Waals surface area contributed by atoms with E-state index in [4.69, 9.17) is 22.1 Å². The van der Waals surface area contributed by atoms with E-state index >= 15 is 0 Å². The monoisotopic (exact) mass is 320 g/mol. The molecular weight excluding hydrogens is 308 g/mol. The molecule has 0 aliphatic heterocycles. The third-order valence-electron chi connectivity index (χ3n) is 2.98. The zero-order valence-corrected chi connectivity index (χ0v) is 12.3. The van der Waals surface area contributed by atoms with Crippen molar-refractivity contribution in [1.29, 1.82) is 0 Å². The minimum Gasteiger partial charge on any atom is -0.496 e. The van der Waals surface area contributed by atoms with E-state index < -0.39 is 12.0 Å². The highest BCUT2D eigenvalue weighted by molar-refractivity contribution is 6.31. The summed E-state index contributed by atoms with van der Waals surface area (Å²) >= 11 is 6.00. The number of hydrogen-bond acceptors (Lipinski definition) is 3. The summed E-state index contributed by atoms with van der Waals surface area (Å²) in [5, 5.41) is 12.2. The molecule has 0 aliphatic rings. The zero-order valence-electron chi connectivity index (χ0n) is 11.6. The molecule has 0 atom stereocenters. The standard InChI is InChI=1S/C15H13ClN2O4/c1-22-12-6-5-8(16)7-10(12)13-9(14(19)20)3-2-4-11(13)18-15(17)21/h2-7H,1H3,(H,19,20)(H3,17,18,21). The van der Waals surface area contributed by atoms with Gasteiger partial charge in [-0.3, -0.25) is 0 Å². The summed E-state index contributed by atoms with van der Waals surface area (Å²) in [5.41, 5.74) is 6.11. The van der Waals surface area contributed by atoms with Crippen LogP contribution in [-0.2, 0) is 0 Å². The van der Waals surface area contributed by atoms with Crippen LogP contribution in [0.25, 0.3) is 11.1 Å². The molecule has 0 saturated carbocycles. The van der Waals surface area contributed by atoms with Crippen molar-refractivity contribution in [3.8, 4) is 16.9 Å². The number of benzene rings is 2. The average Bonchev–Trinajstić information content (AvgIpc) is 2.46. The topological polar surface area (TPSA) is 102 Å². The van der Waals surface area contributed by atoms with Crippen LogP contribution in [0.15, 0.2) is 36.4 Å². The maximum atomic E-state index is 11.5. The van der Waals surface area contributed by atoms with Crippen LogP contribution in [0.2, 0.25) is 5.02 Å². The number of carbonyl (C=O) groups excluding carboxylic acids is 1. The first kappa shape index (κ1) is 15.7. The van der Waals surface area contributed by atoms with Gasteiger partial charge in [-0.2, -0.15) is 0 Å². The Balaban J connectivity index is 2.79. The Hall–Kier alpha value is -2.73. The van der Waals surface area contributed by atoms with E-state index in [1.807, 2.05) is 0 Å². The maximum Gasteiger partial charge on any atom is 0.336 e. The van der Waals surface area contributed by atoms with Crippen LogP contribution in [0.3, 0.4) is 0 Å². The maximum absolute atomic E-state index is 11.5. The van der Waals surface area contributed by atoms with Gasteiger partial charge in [0.1, 0.15) is 5.75 Å². The van der Waals surface area contributed by atoms with Crippen LogP contribution in [0, 0.1) is 0 Å². The first-order valence-corrected chi connectivity index (χ1v) is 6.58. The fourth-order valence-electron chi connectivity index (χ4n) is 2.13. The molecule has 0 saturated heterocycles. The molecule has 4 N–H and O–H groups in total. The average molecular weight is 321 g/mol. The Bertz CT molecular complexity index is 746. The second-order valence-corrected chi connectivity index (χ2v) is 4.80. The van der Waals surface area contributed by atoms with Crippen LogP contribution in [0.4, 0.5) is 10.5 Å². The van der Waals surface area contributed by atoms with E-state index in [1.54, 1.807) is 24.3 Å².